The Morgan fingerprint density at radius 1 is 1.24 bits per heavy atom. The molecule has 0 saturated heterocycles. The number of allylic oxidation sites excluding steroid dienone is 2. The highest BCUT2D eigenvalue weighted by molar-refractivity contribution is 7.90. The molecule has 25 heavy (non-hydrogen) atoms. The van der Waals surface area contributed by atoms with Gasteiger partial charge in [-0.25, -0.2) is 8.42 Å². The third-order valence-corrected chi connectivity index (χ3v) is 6.21. The van der Waals surface area contributed by atoms with Gasteiger partial charge in [0.15, 0.2) is 0 Å². The van der Waals surface area contributed by atoms with Crippen LogP contribution in [0.25, 0.3) is 0 Å². The molecule has 0 saturated carbocycles. The number of rotatable bonds is 6. The van der Waals surface area contributed by atoms with E-state index in [0.717, 1.165) is 24.0 Å². The molecule has 0 aromatic heterocycles. The Labute approximate surface area is 151 Å². The molecule has 0 aliphatic heterocycles. The fourth-order valence-electron chi connectivity index (χ4n) is 3.93. The molecule has 2 rings (SSSR count). The minimum absolute atomic E-state index is 0.0215. The van der Waals surface area contributed by atoms with E-state index in [1.165, 1.54) is 17.9 Å². The molecule has 1 aromatic rings. The van der Waals surface area contributed by atoms with Gasteiger partial charge in [-0.15, -0.1) is 0 Å². The average molecular weight is 367 g/mol. The third kappa shape index (κ3) is 5.24. The molecular formula is C20H30O4S. The first-order valence-electron chi connectivity index (χ1n) is 8.98. The van der Waals surface area contributed by atoms with Crippen LogP contribution in [0.2, 0.25) is 0 Å². The SMILES string of the molecule is CC1=C[C@@H](c2c(O)cc(O)cc2CCCS(C)(=O)=O)[C@H](C(C)C)CC1. The number of aromatic hydroxyl groups is 2. The first kappa shape index (κ1) is 19.8. The van der Waals surface area contributed by atoms with E-state index < -0.39 is 9.84 Å². The maximum absolute atomic E-state index is 11.4. The van der Waals surface area contributed by atoms with Crippen molar-refractivity contribution in [3.63, 3.8) is 0 Å². The highest BCUT2D eigenvalue weighted by Gasteiger charge is 2.31. The molecule has 2 atom stereocenters. The van der Waals surface area contributed by atoms with Crippen LogP contribution < -0.4 is 0 Å². The van der Waals surface area contributed by atoms with Crippen LogP contribution in [0, 0.1) is 11.8 Å². The van der Waals surface area contributed by atoms with Gasteiger partial charge in [-0.3, -0.25) is 0 Å². The number of hydrogen-bond acceptors (Lipinski definition) is 4. The molecular weight excluding hydrogens is 336 g/mol. The van der Waals surface area contributed by atoms with E-state index in [1.54, 1.807) is 6.07 Å². The molecule has 1 aromatic carbocycles. The van der Waals surface area contributed by atoms with Gasteiger partial charge in [0.05, 0.1) is 5.75 Å². The summed E-state index contributed by atoms with van der Waals surface area (Å²) in [5, 5.41) is 20.5. The topological polar surface area (TPSA) is 74.6 Å². The number of sulfone groups is 1. The van der Waals surface area contributed by atoms with E-state index in [0.29, 0.717) is 24.7 Å². The third-order valence-electron chi connectivity index (χ3n) is 5.18. The molecule has 0 radical (unpaired) electrons. The summed E-state index contributed by atoms with van der Waals surface area (Å²) in [5.41, 5.74) is 3.02. The summed E-state index contributed by atoms with van der Waals surface area (Å²) in [6, 6.07) is 3.07. The lowest BCUT2D eigenvalue weighted by molar-refractivity contribution is 0.308. The Bertz CT molecular complexity index is 747. The first-order chi connectivity index (χ1) is 11.6. The Morgan fingerprint density at radius 2 is 1.92 bits per heavy atom. The normalized spacial score (nSPS) is 21.4. The van der Waals surface area contributed by atoms with Crippen LogP contribution in [0.4, 0.5) is 0 Å². The number of benzene rings is 1. The fourth-order valence-corrected chi connectivity index (χ4v) is 4.60. The van der Waals surface area contributed by atoms with Gasteiger partial charge >= 0.3 is 0 Å². The Hall–Kier alpha value is -1.49. The molecule has 0 amide bonds. The van der Waals surface area contributed by atoms with Gasteiger partial charge < -0.3 is 10.2 Å². The van der Waals surface area contributed by atoms with Gasteiger partial charge in [-0.2, -0.15) is 0 Å². The molecule has 0 bridgehead atoms. The molecule has 4 nitrogen and oxygen atoms in total. The van der Waals surface area contributed by atoms with E-state index in [2.05, 4.69) is 26.8 Å². The van der Waals surface area contributed by atoms with Crippen molar-refractivity contribution in [3.05, 3.63) is 34.9 Å². The van der Waals surface area contributed by atoms with Crippen LogP contribution in [0.5, 0.6) is 11.5 Å². The van der Waals surface area contributed by atoms with Crippen molar-refractivity contribution in [1.29, 1.82) is 0 Å². The summed E-state index contributed by atoms with van der Waals surface area (Å²) in [7, 11) is -3.02. The van der Waals surface area contributed by atoms with Crippen LogP contribution in [0.1, 0.15) is 57.1 Å². The Morgan fingerprint density at radius 3 is 2.52 bits per heavy atom. The van der Waals surface area contributed by atoms with Crippen LogP contribution in [-0.2, 0) is 16.3 Å². The maximum atomic E-state index is 11.4. The molecule has 1 aliphatic rings. The number of phenols is 2. The summed E-state index contributed by atoms with van der Waals surface area (Å²) < 4.78 is 22.8. The van der Waals surface area contributed by atoms with Crippen LogP contribution >= 0.6 is 0 Å². The molecule has 0 spiro atoms. The fraction of sp³-hybridized carbons (Fsp3) is 0.600. The molecule has 5 heteroatoms. The monoisotopic (exact) mass is 366 g/mol. The average Bonchev–Trinajstić information content (AvgIpc) is 2.44. The summed E-state index contributed by atoms with van der Waals surface area (Å²) in [6.45, 7) is 6.52. The maximum Gasteiger partial charge on any atom is 0.147 e. The Kier molecular flexibility index (Phi) is 6.20. The van der Waals surface area contributed by atoms with Gasteiger partial charge in [-0.05, 0) is 56.1 Å². The number of hydrogen-bond donors (Lipinski definition) is 2. The predicted octanol–water partition coefficient (Wildman–Crippen LogP) is 4.17. The predicted molar refractivity (Wildman–Crippen MR) is 102 cm³/mol. The quantitative estimate of drug-likeness (QED) is 0.741. The zero-order valence-corrected chi connectivity index (χ0v) is 16.4. The molecule has 1 aliphatic carbocycles. The zero-order chi connectivity index (χ0) is 18.8. The lowest BCUT2D eigenvalue weighted by atomic mass is 9.70. The summed E-state index contributed by atoms with van der Waals surface area (Å²) >= 11 is 0. The highest BCUT2D eigenvalue weighted by atomic mass is 32.2. The second kappa shape index (κ2) is 7.81. The molecule has 0 heterocycles. The summed E-state index contributed by atoms with van der Waals surface area (Å²) in [4.78, 5) is 0. The van der Waals surface area contributed by atoms with Crippen LogP contribution in [0.15, 0.2) is 23.8 Å². The van der Waals surface area contributed by atoms with Gasteiger partial charge in [-0.1, -0.05) is 25.5 Å². The van der Waals surface area contributed by atoms with Crippen molar-refractivity contribution in [3.8, 4) is 11.5 Å². The van der Waals surface area contributed by atoms with Crippen molar-refractivity contribution in [1.82, 2.24) is 0 Å². The van der Waals surface area contributed by atoms with Gasteiger partial charge in [0.2, 0.25) is 0 Å². The molecule has 0 unspecified atom stereocenters. The number of aryl methyl sites for hydroxylation is 1. The van der Waals surface area contributed by atoms with E-state index >= 15 is 0 Å². The van der Waals surface area contributed by atoms with Crippen molar-refractivity contribution < 1.29 is 18.6 Å². The smallest absolute Gasteiger partial charge is 0.147 e. The lowest BCUT2D eigenvalue weighted by Crippen LogP contribution is -2.22. The highest BCUT2D eigenvalue weighted by Crippen LogP contribution is 2.45. The molecule has 140 valence electrons. The minimum Gasteiger partial charge on any atom is -0.508 e. The van der Waals surface area contributed by atoms with Gasteiger partial charge in [0.1, 0.15) is 21.3 Å². The Balaban J connectivity index is 2.42. The molecule has 0 fully saturated rings. The molecule has 2 N–H and O–H groups in total. The van der Waals surface area contributed by atoms with E-state index in [1.807, 2.05) is 0 Å². The second-order valence-corrected chi connectivity index (χ2v) is 10.0. The summed E-state index contributed by atoms with van der Waals surface area (Å²) in [6.07, 6.45) is 6.63. The first-order valence-corrected chi connectivity index (χ1v) is 11.0. The van der Waals surface area contributed by atoms with Crippen LogP contribution in [0.3, 0.4) is 0 Å². The zero-order valence-electron chi connectivity index (χ0n) is 15.6. The minimum atomic E-state index is -3.02. The van der Waals surface area contributed by atoms with Gasteiger partial charge in [0, 0.05) is 23.8 Å². The van der Waals surface area contributed by atoms with Crippen LogP contribution in [-0.4, -0.2) is 30.6 Å². The standard InChI is InChI=1S/C20H30O4S/c1-13(2)17-8-7-14(3)10-18(17)20-15(6-5-9-25(4,23)24)11-16(21)12-19(20)22/h10-13,17-18,21-22H,5-9H2,1-4H3/t17-,18+/m0/s1. The second-order valence-electron chi connectivity index (χ2n) is 7.76. The largest absolute Gasteiger partial charge is 0.508 e. The van der Waals surface area contributed by atoms with Crippen molar-refractivity contribution in [2.24, 2.45) is 11.8 Å². The van der Waals surface area contributed by atoms with E-state index in [-0.39, 0.29) is 23.2 Å². The van der Waals surface area contributed by atoms with E-state index in [9.17, 15) is 18.6 Å². The summed E-state index contributed by atoms with van der Waals surface area (Å²) in [5.74, 6) is 1.24. The van der Waals surface area contributed by atoms with Crippen molar-refractivity contribution in [2.75, 3.05) is 12.0 Å². The van der Waals surface area contributed by atoms with E-state index in [4.69, 9.17) is 0 Å². The lowest BCUT2D eigenvalue weighted by Gasteiger charge is -2.34. The van der Waals surface area contributed by atoms with Gasteiger partial charge in [0.25, 0.3) is 0 Å². The van der Waals surface area contributed by atoms with Crippen molar-refractivity contribution in [2.45, 2.75) is 52.4 Å². The number of phenolic OH excluding ortho intramolecular Hbond substituents is 2. The van der Waals surface area contributed by atoms with Crippen molar-refractivity contribution >= 4 is 9.84 Å².